The first-order valence-electron chi connectivity index (χ1n) is 4.01. The molecule has 0 bridgehead atoms. The van der Waals surface area contributed by atoms with E-state index in [9.17, 15) is 4.79 Å². The highest BCUT2D eigenvalue weighted by Crippen LogP contribution is 1.99. The Morgan fingerprint density at radius 1 is 1.69 bits per heavy atom. The number of aromatic nitrogens is 1. The summed E-state index contributed by atoms with van der Waals surface area (Å²) >= 11 is 3.24. The third-order valence-corrected chi connectivity index (χ3v) is 1.94. The molecule has 0 radical (unpaired) electrons. The van der Waals surface area contributed by atoms with Crippen LogP contribution in [0, 0.1) is 6.92 Å². The summed E-state index contributed by atoms with van der Waals surface area (Å²) in [6, 6.07) is 3.47. The second-order valence-electron chi connectivity index (χ2n) is 2.63. The molecule has 0 atom stereocenters. The minimum Gasteiger partial charge on any atom is -0.351 e. The van der Waals surface area contributed by atoms with Gasteiger partial charge in [0, 0.05) is 29.3 Å². The predicted molar refractivity (Wildman–Crippen MR) is 55.1 cm³/mol. The molecule has 0 aliphatic heterocycles. The first-order valence-corrected chi connectivity index (χ1v) is 5.13. The highest BCUT2D eigenvalue weighted by Gasteiger charge is 2.03. The van der Waals surface area contributed by atoms with Gasteiger partial charge in [0.15, 0.2) is 0 Å². The van der Waals surface area contributed by atoms with Gasteiger partial charge in [0.1, 0.15) is 0 Å². The molecule has 1 heterocycles. The van der Waals surface area contributed by atoms with Crippen LogP contribution in [-0.2, 0) is 0 Å². The minimum atomic E-state index is -0.0510. The molecule has 1 N–H and O–H groups in total. The highest BCUT2D eigenvalue weighted by atomic mass is 79.9. The second kappa shape index (κ2) is 4.97. The minimum absolute atomic E-state index is 0.0510. The lowest BCUT2D eigenvalue weighted by molar-refractivity contribution is 0.0956. The fourth-order valence-electron chi connectivity index (χ4n) is 0.950. The van der Waals surface area contributed by atoms with Crippen molar-refractivity contribution in [3.8, 4) is 0 Å². The van der Waals surface area contributed by atoms with Crippen LogP contribution in [0.2, 0.25) is 0 Å². The van der Waals surface area contributed by atoms with E-state index in [-0.39, 0.29) is 5.91 Å². The molecule has 0 saturated carbocycles. The summed E-state index contributed by atoms with van der Waals surface area (Å²) < 4.78 is 0. The van der Waals surface area contributed by atoms with E-state index in [1.54, 1.807) is 18.3 Å². The molecule has 1 amide bonds. The van der Waals surface area contributed by atoms with Gasteiger partial charge < -0.3 is 5.32 Å². The summed E-state index contributed by atoms with van der Waals surface area (Å²) in [6.07, 6.45) is 1.64. The zero-order chi connectivity index (χ0) is 9.68. The van der Waals surface area contributed by atoms with Crippen molar-refractivity contribution < 1.29 is 4.79 Å². The maximum atomic E-state index is 11.4. The molecule has 0 saturated heterocycles. The molecule has 70 valence electrons. The molecule has 1 aromatic heterocycles. The predicted octanol–water partition coefficient (Wildman–Crippen LogP) is 1.51. The number of carbonyl (C=O) groups excluding carboxylic acids is 1. The number of hydrogen-bond donors (Lipinski definition) is 1. The summed E-state index contributed by atoms with van der Waals surface area (Å²) in [5, 5.41) is 3.53. The van der Waals surface area contributed by atoms with Crippen molar-refractivity contribution in [1.82, 2.24) is 10.3 Å². The van der Waals surface area contributed by atoms with E-state index >= 15 is 0 Å². The van der Waals surface area contributed by atoms with E-state index in [1.165, 1.54) is 0 Å². The SMILES string of the molecule is Cc1cc(C(=O)NCCBr)ccn1. The van der Waals surface area contributed by atoms with Gasteiger partial charge in [0.05, 0.1) is 0 Å². The fraction of sp³-hybridized carbons (Fsp3) is 0.333. The normalized spacial score (nSPS) is 9.69. The molecular weight excluding hydrogens is 232 g/mol. The molecule has 0 aromatic carbocycles. The van der Waals surface area contributed by atoms with Crippen LogP contribution in [0.5, 0.6) is 0 Å². The first-order chi connectivity index (χ1) is 6.24. The number of aryl methyl sites for hydroxylation is 1. The zero-order valence-electron chi connectivity index (χ0n) is 7.38. The van der Waals surface area contributed by atoms with Crippen molar-refractivity contribution in [2.24, 2.45) is 0 Å². The molecule has 0 aliphatic carbocycles. The van der Waals surface area contributed by atoms with Crippen LogP contribution >= 0.6 is 15.9 Å². The summed E-state index contributed by atoms with van der Waals surface area (Å²) in [7, 11) is 0. The Morgan fingerprint density at radius 3 is 3.08 bits per heavy atom. The zero-order valence-corrected chi connectivity index (χ0v) is 8.97. The lowest BCUT2D eigenvalue weighted by Crippen LogP contribution is -2.25. The Kier molecular flexibility index (Phi) is 3.89. The van der Waals surface area contributed by atoms with E-state index in [1.807, 2.05) is 6.92 Å². The largest absolute Gasteiger partial charge is 0.351 e. The number of amides is 1. The van der Waals surface area contributed by atoms with E-state index < -0.39 is 0 Å². The van der Waals surface area contributed by atoms with E-state index in [0.29, 0.717) is 12.1 Å². The number of pyridine rings is 1. The van der Waals surface area contributed by atoms with Crippen LogP contribution in [0.15, 0.2) is 18.3 Å². The smallest absolute Gasteiger partial charge is 0.251 e. The van der Waals surface area contributed by atoms with Gasteiger partial charge in [-0.1, -0.05) is 15.9 Å². The Bertz CT molecular complexity index is 301. The van der Waals surface area contributed by atoms with E-state index in [0.717, 1.165) is 11.0 Å². The van der Waals surface area contributed by atoms with Gasteiger partial charge in [-0.25, -0.2) is 0 Å². The molecular formula is C9H11BrN2O. The molecule has 1 rings (SSSR count). The number of nitrogens with zero attached hydrogens (tertiary/aromatic N) is 1. The number of nitrogens with one attached hydrogen (secondary N) is 1. The molecule has 1 aromatic rings. The lowest BCUT2D eigenvalue weighted by Gasteiger charge is -2.02. The van der Waals surface area contributed by atoms with Crippen LogP contribution in [-0.4, -0.2) is 22.8 Å². The quantitative estimate of drug-likeness (QED) is 0.817. The Labute approximate surface area is 85.7 Å². The monoisotopic (exact) mass is 242 g/mol. The number of hydrogen-bond acceptors (Lipinski definition) is 2. The van der Waals surface area contributed by atoms with Gasteiger partial charge in [-0.05, 0) is 19.1 Å². The van der Waals surface area contributed by atoms with Gasteiger partial charge in [-0.2, -0.15) is 0 Å². The van der Waals surface area contributed by atoms with Crippen molar-refractivity contribution in [3.05, 3.63) is 29.6 Å². The van der Waals surface area contributed by atoms with Crippen molar-refractivity contribution in [1.29, 1.82) is 0 Å². The third kappa shape index (κ3) is 3.14. The van der Waals surface area contributed by atoms with Crippen molar-refractivity contribution in [3.63, 3.8) is 0 Å². The third-order valence-electron chi connectivity index (χ3n) is 1.54. The first kappa shape index (κ1) is 10.2. The van der Waals surface area contributed by atoms with E-state index in [2.05, 4.69) is 26.2 Å². The number of rotatable bonds is 3. The van der Waals surface area contributed by atoms with Crippen LogP contribution in [0.25, 0.3) is 0 Å². The summed E-state index contributed by atoms with van der Waals surface area (Å²) in [6.45, 7) is 2.50. The summed E-state index contributed by atoms with van der Waals surface area (Å²) in [5.41, 5.74) is 1.51. The van der Waals surface area contributed by atoms with Crippen molar-refractivity contribution >= 4 is 21.8 Å². The average Bonchev–Trinajstić information content (AvgIpc) is 2.14. The van der Waals surface area contributed by atoms with Crippen LogP contribution in [0.1, 0.15) is 16.1 Å². The topological polar surface area (TPSA) is 42.0 Å². The molecule has 0 spiro atoms. The average molecular weight is 243 g/mol. The van der Waals surface area contributed by atoms with Crippen molar-refractivity contribution in [2.45, 2.75) is 6.92 Å². The van der Waals surface area contributed by atoms with Gasteiger partial charge in [-0.3, -0.25) is 9.78 Å². The Balaban J connectivity index is 2.66. The van der Waals surface area contributed by atoms with Crippen LogP contribution in [0.4, 0.5) is 0 Å². The van der Waals surface area contributed by atoms with Crippen molar-refractivity contribution in [2.75, 3.05) is 11.9 Å². The van der Waals surface area contributed by atoms with Gasteiger partial charge in [0.25, 0.3) is 5.91 Å². The molecule has 0 fully saturated rings. The highest BCUT2D eigenvalue weighted by molar-refractivity contribution is 9.09. The number of alkyl halides is 1. The standard InChI is InChI=1S/C9H11BrN2O/c1-7-6-8(2-4-11-7)9(13)12-5-3-10/h2,4,6H,3,5H2,1H3,(H,12,13). The Hall–Kier alpha value is -0.900. The lowest BCUT2D eigenvalue weighted by atomic mass is 10.2. The van der Waals surface area contributed by atoms with Gasteiger partial charge in [-0.15, -0.1) is 0 Å². The number of carbonyl (C=O) groups is 1. The Morgan fingerprint density at radius 2 is 2.46 bits per heavy atom. The maximum absolute atomic E-state index is 11.4. The van der Waals surface area contributed by atoms with Gasteiger partial charge in [0.2, 0.25) is 0 Å². The second-order valence-corrected chi connectivity index (χ2v) is 3.42. The summed E-state index contributed by atoms with van der Waals surface area (Å²) in [4.78, 5) is 15.4. The molecule has 0 aliphatic rings. The maximum Gasteiger partial charge on any atom is 0.251 e. The van der Waals surface area contributed by atoms with Gasteiger partial charge >= 0.3 is 0 Å². The van der Waals surface area contributed by atoms with E-state index in [4.69, 9.17) is 0 Å². The number of halogens is 1. The van der Waals surface area contributed by atoms with Crippen LogP contribution < -0.4 is 5.32 Å². The molecule has 0 unspecified atom stereocenters. The molecule has 3 nitrogen and oxygen atoms in total. The molecule has 13 heavy (non-hydrogen) atoms. The molecule has 4 heteroatoms. The summed E-state index contributed by atoms with van der Waals surface area (Å²) in [5.74, 6) is -0.0510. The van der Waals surface area contributed by atoms with Crippen LogP contribution in [0.3, 0.4) is 0 Å². The fourth-order valence-corrected chi connectivity index (χ4v) is 1.15.